The van der Waals surface area contributed by atoms with Crippen LogP contribution in [0, 0.1) is 5.41 Å². The summed E-state index contributed by atoms with van der Waals surface area (Å²) in [6.07, 6.45) is 0.223. The zero-order chi connectivity index (χ0) is 7.40. The normalized spacial score (nSPS) is 8.36. The fraction of sp³-hybridized carbons (Fsp3) is 0.125. The Labute approximate surface area is 77.9 Å². The first-order chi connectivity index (χ1) is 4.79. The van der Waals surface area contributed by atoms with Crippen molar-refractivity contribution in [3.05, 3.63) is 35.9 Å². The standard InChI is InChI=1S/C8H9NO.Li/c9-8(10)6-7-4-2-1-3-5-7;/h1-5H,6H2,(H2,9,10);/q;+1/p-1. The summed E-state index contributed by atoms with van der Waals surface area (Å²) < 4.78 is 0. The number of hydrogen-bond donors (Lipinski definition) is 1. The molecular formula is C8H8LiNO. The van der Waals surface area contributed by atoms with Gasteiger partial charge in [-0.3, -0.25) is 0 Å². The maximum Gasteiger partial charge on any atom is 1.00 e. The van der Waals surface area contributed by atoms with E-state index in [1.807, 2.05) is 30.3 Å². The van der Waals surface area contributed by atoms with E-state index in [-0.39, 0.29) is 25.3 Å². The molecule has 0 aromatic heterocycles. The molecule has 11 heavy (non-hydrogen) atoms. The second-order valence-electron chi connectivity index (χ2n) is 2.09. The molecule has 0 amide bonds. The second-order valence-corrected chi connectivity index (χ2v) is 2.09. The number of rotatable bonds is 2. The minimum absolute atomic E-state index is 0. The summed E-state index contributed by atoms with van der Waals surface area (Å²) in [6, 6.07) is 9.29. The Kier molecular flexibility index (Phi) is 4.68. The van der Waals surface area contributed by atoms with Crippen LogP contribution in [0.2, 0.25) is 0 Å². The van der Waals surface area contributed by atoms with Crippen molar-refractivity contribution >= 4 is 5.90 Å². The smallest absolute Gasteiger partial charge is 0.862 e. The molecule has 0 bridgehead atoms. The minimum atomic E-state index is -0.536. The number of nitrogens with one attached hydrogen (secondary N) is 1. The number of benzene rings is 1. The molecule has 1 N–H and O–H groups in total. The Morgan fingerprint density at radius 1 is 1.27 bits per heavy atom. The van der Waals surface area contributed by atoms with Crippen LogP contribution in [0.25, 0.3) is 0 Å². The third-order valence-electron chi connectivity index (χ3n) is 1.21. The predicted octanol–water partition coefficient (Wildman–Crippen LogP) is -2.43. The van der Waals surface area contributed by atoms with E-state index in [9.17, 15) is 5.11 Å². The summed E-state index contributed by atoms with van der Waals surface area (Å²) in [4.78, 5) is 0. The molecule has 0 heterocycles. The van der Waals surface area contributed by atoms with Gasteiger partial charge in [0, 0.05) is 0 Å². The monoisotopic (exact) mass is 141 g/mol. The van der Waals surface area contributed by atoms with Gasteiger partial charge in [-0.15, -0.1) is 0 Å². The average molecular weight is 141 g/mol. The molecule has 2 nitrogen and oxygen atoms in total. The molecule has 0 aliphatic heterocycles. The Balaban J connectivity index is 0.000001000. The van der Waals surface area contributed by atoms with Crippen LogP contribution in [0.5, 0.6) is 0 Å². The summed E-state index contributed by atoms with van der Waals surface area (Å²) in [5, 5.41) is 17.0. The van der Waals surface area contributed by atoms with Gasteiger partial charge in [0.1, 0.15) is 0 Å². The SMILES string of the molecule is N=C([O-])Cc1ccccc1.[Li+]. The maximum atomic E-state index is 10.3. The van der Waals surface area contributed by atoms with E-state index in [2.05, 4.69) is 0 Å². The molecule has 0 saturated heterocycles. The van der Waals surface area contributed by atoms with E-state index in [0.29, 0.717) is 0 Å². The van der Waals surface area contributed by atoms with Gasteiger partial charge in [-0.05, 0) is 17.9 Å². The molecule has 0 aliphatic carbocycles. The van der Waals surface area contributed by atoms with E-state index < -0.39 is 5.90 Å². The van der Waals surface area contributed by atoms with Gasteiger partial charge in [0.15, 0.2) is 0 Å². The first kappa shape index (κ1) is 10.3. The predicted molar refractivity (Wildman–Crippen MR) is 37.9 cm³/mol. The van der Waals surface area contributed by atoms with Gasteiger partial charge in [-0.2, -0.15) is 0 Å². The van der Waals surface area contributed by atoms with Gasteiger partial charge in [0.05, 0.1) is 0 Å². The largest absolute Gasteiger partial charge is 1.00 e. The summed E-state index contributed by atoms with van der Waals surface area (Å²) in [7, 11) is 0. The molecule has 0 spiro atoms. The van der Waals surface area contributed by atoms with Crippen LogP contribution in [0.15, 0.2) is 30.3 Å². The van der Waals surface area contributed by atoms with Gasteiger partial charge in [-0.25, -0.2) is 0 Å². The molecule has 1 rings (SSSR count). The van der Waals surface area contributed by atoms with Crippen LogP contribution >= 0.6 is 0 Å². The van der Waals surface area contributed by atoms with Crippen LogP contribution in [0.4, 0.5) is 0 Å². The van der Waals surface area contributed by atoms with Crippen LogP contribution in [0.3, 0.4) is 0 Å². The fourth-order valence-corrected chi connectivity index (χ4v) is 0.781. The van der Waals surface area contributed by atoms with Crippen molar-refractivity contribution in [2.24, 2.45) is 0 Å². The molecule has 0 radical (unpaired) electrons. The Bertz CT molecular complexity index is 223. The molecule has 0 aliphatic rings. The van der Waals surface area contributed by atoms with E-state index >= 15 is 0 Å². The first-order valence-electron chi connectivity index (χ1n) is 3.07. The molecule has 1 aromatic carbocycles. The molecule has 0 unspecified atom stereocenters. The van der Waals surface area contributed by atoms with Crippen molar-refractivity contribution in [2.45, 2.75) is 6.42 Å². The van der Waals surface area contributed by atoms with E-state index in [1.54, 1.807) is 0 Å². The van der Waals surface area contributed by atoms with Gasteiger partial charge < -0.3 is 10.5 Å². The van der Waals surface area contributed by atoms with E-state index in [0.717, 1.165) is 5.56 Å². The molecule has 0 atom stereocenters. The topological polar surface area (TPSA) is 46.9 Å². The van der Waals surface area contributed by atoms with Gasteiger partial charge in [0.25, 0.3) is 0 Å². The third-order valence-corrected chi connectivity index (χ3v) is 1.21. The summed E-state index contributed by atoms with van der Waals surface area (Å²) >= 11 is 0. The quantitative estimate of drug-likeness (QED) is 0.278. The van der Waals surface area contributed by atoms with Crippen LogP contribution in [0.1, 0.15) is 5.56 Å². The van der Waals surface area contributed by atoms with Crippen LogP contribution in [-0.2, 0) is 6.42 Å². The molecule has 1 aromatic rings. The summed E-state index contributed by atoms with van der Waals surface area (Å²) in [5.74, 6) is -0.536. The Morgan fingerprint density at radius 3 is 2.27 bits per heavy atom. The molecule has 0 saturated carbocycles. The maximum absolute atomic E-state index is 10.3. The summed E-state index contributed by atoms with van der Waals surface area (Å²) in [6.45, 7) is 0. The zero-order valence-electron chi connectivity index (χ0n) is 6.50. The zero-order valence-corrected chi connectivity index (χ0v) is 6.50. The van der Waals surface area contributed by atoms with Crippen molar-refractivity contribution < 1.29 is 24.0 Å². The molecule has 52 valence electrons. The van der Waals surface area contributed by atoms with Crippen molar-refractivity contribution in [1.29, 1.82) is 5.41 Å². The first-order valence-corrected chi connectivity index (χ1v) is 3.07. The number of hydrogen-bond acceptors (Lipinski definition) is 2. The van der Waals surface area contributed by atoms with Crippen LogP contribution in [-0.4, -0.2) is 5.90 Å². The van der Waals surface area contributed by atoms with Gasteiger partial charge >= 0.3 is 18.9 Å². The average Bonchev–Trinajstić information content (AvgIpc) is 1.88. The molecule has 3 heteroatoms. The third kappa shape index (κ3) is 3.87. The summed E-state index contributed by atoms with van der Waals surface area (Å²) in [5.41, 5.74) is 0.905. The Hall–Kier alpha value is -0.713. The van der Waals surface area contributed by atoms with Crippen molar-refractivity contribution in [2.75, 3.05) is 0 Å². The van der Waals surface area contributed by atoms with E-state index in [4.69, 9.17) is 5.41 Å². The minimum Gasteiger partial charge on any atom is -0.862 e. The van der Waals surface area contributed by atoms with Crippen molar-refractivity contribution in [3.63, 3.8) is 0 Å². The van der Waals surface area contributed by atoms with Crippen molar-refractivity contribution in [1.82, 2.24) is 0 Å². The van der Waals surface area contributed by atoms with Gasteiger partial charge in [0.2, 0.25) is 0 Å². The van der Waals surface area contributed by atoms with Gasteiger partial charge in [-0.1, -0.05) is 30.3 Å². The fourth-order valence-electron chi connectivity index (χ4n) is 0.781. The van der Waals surface area contributed by atoms with E-state index in [1.165, 1.54) is 0 Å². The van der Waals surface area contributed by atoms with Crippen molar-refractivity contribution in [3.8, 4) is 0 Å². The Morgan fingerprint density at radius 2 is 1.82 bits per heavy atom. The van der Waals surface area contributed by atoms with Crippen LogP contribution < -0.4 is 24.0 Å². The molecule has 0 fully saturated rings. The molecular weight excluding hydrogens is 133 g/mol. The second kappa shape index (κ2) is 5.01.